The first-order valence-corrected chi connectivity index (χ1v) is 9.03. The molecule has 27 heavy (non-hydrogen) atoms. The molecule has 1 heterocycles. The van der Waals surface area contributed by atoms with E-state index in [-0.39, 0.29) is 29.5 Å². The van der Waals surface area contributed by atoms with Crippen LogP contribution in [-0.4, -0.2) is 35.2 Å². The highest BCUT2D eigenvalue weighted by atomic mass is 16.5. The quantitative estimate of drug-likeness (QED) is 0.473. The lowest BCUT2D eigenvalue weighted by atomic mass is 10.1. The highest BCUT2D eigenvalue weighted by molar-refractivity contribution is 5.93. The summed E-state index contributed by atoms with van der Waals surface area (Å²) in [5, 5.41) is 9.20. The van der Waals surface area contributed by atoms with Gasteiger partial charge in [0.25, 0.3) is 0 Å². The van der Waals surface area contributed by atoms with Gasteiger partial charge in [0, 0.05) is 6.20 Å². The molecule has 1 N–H and O–H groups in total. The van der Waals surface area contributed by atoms with Gasteiger partial charge in [-0.1, -0.05) is 31.1 Å². The molecule has 0 spiro atoms. The minimum absolute atomic E-state index is 0.0686. The summed E-state index contributed by atoms with van der Waals surface area (Å²) in [6.45, 7) is 10.5. The molecular formula is C21H29NO5. The zero-order valence-electron chi connectivity index (χ0n) is 16.7. The number of carbonyl (C=O) groups excluding carboxylic acids is 1. The van der Waals surface area contributed by atoms with Crippen molar-refractivity contribution in [2.24, 2.45) is 5.92 Å². The number of esters is 1. The van der Waals surface area contributed by atoms with E-state index < -0.39 is 11.9 Å². The number of carboxylic acid groups (broad SMARTS) is 1. The number of carboxylic acids is 1. The van der Waals surface area contributed by atoms with Crippen LogP contribution in [0.3, 0.4) is 0 Å². The molecule has 0 unspecified atom stereocenters. The van der Waals surface area contributed by atoms with E-state index in [0.717, 1.165) is 18.4 Å². The second-order valence-electron chi connectivity index (χ2n) is 7.05. The third-order valence-electron chi connectivity index (χ3n) is 3.60. The van der Waals surface area contributed by atoms with Crippen molar-refractivity contribution in [1.29, 1.82) is 0 Å². The zero-order chi connectivity index (χ0) is 20.4. The SMILES string of the molecule is CC(C)=CCCC(C)=CCOC(=O)c1cnc(C(=O)O)c(OCC(C)C)c1. The summed E-state index contributed by atoms with van der Waals surface area (Å²) < 4.78 is 10.7. The smallest absolute Gasteiger partial charge is 0.358 e. The van der Waals surface area contributed by atoms with Crippen LogP contribution >= 0.6 is 0 Å². The number of ether oxygens (including phenoxy) is 2. The molecule has 1 aromatic rings. The van der Waals surface area contributed by atoms with Crippen LogP contribution in [0.25, 0.3) is 0 Å². The molecule has 0 bridgehead atoms. The Balaban J connectivity index is 2.72. The van der Waals surface area contributed by atoms with Crippen molar-refractivity contribution < 1.29 is 24.2 Å². The third-order valence-corrected chi connectivity index (χ3v) is 3.60. The van der Waals surface area contributed by atoms with E-state index in [4.69, 9.17) is 9.47 Å². The lowest BCUT2D eigenvalue weighted by Gasteiger charge is -2.11. The minimum atomic E-state index is -1.21. The van der Waals surface area contributed by atoms with Crippen LogP contribution in [0.2, 0.25) is 0 Å². The van der Waals surface area contributed by atoms with Crippen molar-refractivity contribution in [2.75, 3.05) is 13.2 Å². The predicted molar refractivity (Wildman–Crippen MR) is 104 cm³/mol. The summed E-state index contributed by atoms with van der Waals surface area (Å²) in [7, 11) is 0. The normalized spacial score (nSPS) is 11.3. The maximum atomic E-state index is 12.2. The number of aromatic carboxylic acids is 1. The largest absolute Gasteiger partial charge is 0.491 e. The Morgan fingerprint density at radius 3 is 2.52 bits per heavy atom. The molecule has 0 aliphatic rings. The molecule has 0 atom stereocenters. The summed E-state index contributed by atoms with van der Waals surface area (Å²) in [5.41, 5.74) is 2.36. The molecule has 1 rings (SSSR count). The van der Waals surface area contributed by atoms with Gasteiger partial charge in [0.1, 0.15) is 6.61 Å². The van der Waals surface area contributed by atoms with Gasteiger partial charge in [-0.2, -0.15) is 0 Å². The Morgan fingerprint density at radius 2 is 1.93 bits per heavy atom. The summed E-state index contributed by atoms with van der Waals surface area (Å²) in [6.07, 6.45) is 7.09. The Bertz CT molecular complexity index is 715. The Kier molecular flexibility index (Phi) is 9.26. The molecule has 1 aromatic heterocycles. The molecular weight excluding hydrogens is 346 g/mol. The van der Waals surface area contributed by atoms with E-state index in [0.29, 0.717) is 6.61 Å². The average Bonchev–Trinajstić information content (AvgIpc) is 2.59. The van der Waals surface area contributed by atoms with Gasteiger partial charge in [-0.05, 0) is 51.7 Å². The molecule has 0 aliphatic heterocycles. The number of hydrogen-bond acceptors (Lipinski definition) is 5. The number of hydrogen-bond donors (Lipinski definition) is 1. The fourth-order valence-electron chi connectivity index (χ4n) is 2.12. The highest BCUT2D eigenvalue weighted by Crippen LogP contribution is 2.20. The van der Waals surface area contributed by atoms with Crippen molar-refractivity contribution in [2.45, 2.75) is 47.5 Å². The van der Waals surface area contributed by atoms with Gasteiger partial charge >= 0.3 is 11.9 Å². The molecule has 0 radical (unpaired) electrons. The summed E-state index contributed by atoms with van der Waals surface area (Å²) >= 11 is 0. The number of aromatic nitrogens is 1. The van der Waals surface area contributed by atoms with Crippen LogP contribution in [-0.2, 0) is 4.74 Å². The number of allylic oxidation sites excluding steroid dienone is 3. The van der Waals surface area contributed by atoms with Crippen molar-refractivity contribution >= 4 is 11.9 Å². The second kappa shape index (κ2) is 11.2. The van der Waals surface area contributed by atoms with Crippen LogP contribution < -0.4 is 4.74 Å². The lowest BCUT2D eigenvalue weighted by molar-refractivity contribution is 0.0545. The van der Waals surface area contributed by atoms with Crippen molar-refractivity contribution in [3.63, 3.8) is 0 Å². The predicted octanol–water partition coefficient (Wildman–Crippen LogP) is 4.66. The third kappa shape index (κ3) is 8.53. The number of rotatable bonds is 10. The molecule has 0 aromatic carbocycles. The number of nitrogens with zero attached hydrogens (tertiary/aromatic N) is 1. The zero-order valence-corrected chi connectivity index (χ0v) is 16.7. The van der Waals surface area contributed by atoms with Gasteiger partial charge in [-0.3, -0.25) is 0 Å². The van der Waals surface area contributed by atoms with Crippen LogP contribution in [0, 0.1) is 5.92 Å². The van der Waals surface area contributed by atoms with Crippen molar-refractivity contribution in [1.82, 2.24) is 4.98 Å². The molecule has 0 saturated heterocycles. The summed E-state index contributed by atoms with van der Waals surface area (Å²) in [4.78, 5) is 27.3. The highest BCUT2D eigenvalue weighted by Gasteiger charge is 2.18. The van der Waals surface area contributed by atoms with E-state index in [1.807, 2.05) is 26.8 Å². The van der Waals surface area contributed by atoms with Crippen molar-refractivity contribution in [3.05, 3.63) is 46.8 Å². The van der Waals surface area contributed by atoms with E-state index in [2.05, 4.69) is 24.9 Å². The van der Waals surface area contributed by atoms with E-state index in [1.165, 1.54) is 17.8 Å². The second-order valence-corrected chi connectivity index (χ2v) is 7.05. The Hall–Kier alpha value is -2.63. The molecule has 0 fully saturated rings. The van der Waals surface area contributed by atoms with Gasteiger partial charge in [0.15, 0.2) is 11.4 Å². The van der Waals surface area contributed by atoms with Gasteiger partial charge < -0.3 is 14.6 Å². The topological polar surface area (TPSA) is 85.7 Å². The molecule has 0 aliphatic carbocycles. The Morgan fingerprint density at radius 1 is 1.22 bits per heavy atom. The summed E-state index contributed by atoms with van der Waals surface area (Å²) in [5.74, 6) is -1.49. The Labute approximate surface area is 160 Å². The number of pyridine rings is 1. The molecule has 6 nitrogen and oxygen atoms in total. The van der Waals surface area contributed by atoms with Crippen molar-refractivity contribution in [3.8, 4) is 5.75 Å². The fraction of sp³-hybridized carbons (Fsp3) is 0.476. The van der Waals surface area contributed by atoms with Crippen LogP contribution in [0.4, 0.5) is 0 Å². The molecule has 0 amide bonds. The van der Waals surface area contributed by atoms with Gasteiger partial charge in [0.05, 0.1) is 12.2 Å². The first-order valence-electron chi connectivity index (χ1n) is 9.03. The monoisotopic (exact) mass is 375 g/mol. The molecule has 6 heteroatoms. The van der Waals surface area contributed by atoms with E-state index in [9.17, 15) is 14.7 Å². The maximum Gasteiger partial charge on any atom is 0.358 e. The fourth-order valence-corrected chi connectivity index (χ4v) is 2.12. The minimum Gasteiger partial charge on any atom is -0.491 e. The summed E-state index contributed by atoms with van der Waals surface area (Å²) in [6, 6.07) is 1.37. The van der Waals surface area contributed by atoms with Gasteiger partial charge in [-0.15, -0.1) is 0 Å². The van der Waals surface area contributed by atoms with Gasteiger partial charge in [0.2, 0.25) is 0 Å². The first-order chi connectivity index (χ1) is 12.7. The molecule has 0 saturated carbocycles. The van der Waals surface area contributed by atoms with Gasteiger partial charge in [-0.25, -0.2) is 14.6 Å². The van der Waals surface area contributed by atoms with Crippen LogP contribution in [0.1, 0.15) is 68.3 Å². The van der Waals surface area contributed by atoms with E-state index >= 15 is 0 Å². The standard InChI is InChI=1S/C21H29NO5/c1-14(2)7-6-8-16(5)9-10-26-21(25)17-11-18(27-13-15(3)4)19(20(23)24)22-12-17/h7,9,11-12,15H,6,8,10,13H2,1-5H3,(H,23,24). The van der Waals surface area contributed by atoms with Crippen LogP contribution in [0.5, 0.6) is 5.75 Å². The lowest BCUT2D eigenvalue weighted by Crippen LogP contribution is -2.13. The maximum absolute atomic E-state index is 12.2. The first kappa shape index (κ1) is 22.4. The van der Waals surface area contributed by atoms with E-state index in [1.54, 1.807) is 0 Å². The van der Waals surface area contributed by atoms with Crippen LogP contribution in [0.15, 0.2) is 35.6 Å². The molecule has 148 valence electrons. The average molecular weight is 375 g/mol. The number of carbonyl (C=O) groups is 2.